The van der Waals surface area contributed by atoms with Gasteiger partial charge in [-0.1, -0.05) is 9.35 Å². The van der Waals surface area contributed by atoms with Gasteiger partial charge in [0.05, 0.1) is 0 Å². The van der Waals surface area contributed by atoms with Crippen LogP contribution in [0, 0.1) is 0 Å². The zero-order chi connectivity index (χ0) is 33.2. The zero-order valence-corrected chi connectivity index (χ0v) is 20.6. The van der Waals surface area contributed by atoms with Crippen LogP contribution >= 0.6 is 7.82 Å². The molecule has 0 aromatic carbocycles. The van der Waals surface area contributed by atoms with E-state index in [0.717, 1.165) is 0 Å². The van der Waals surface area contributed by atoms with Crippen LogP contribution in [0.1, 0.15) is 0 Å². The van der Waals surface area contributed by atoms with Crippen molar-refractivity contribution in [2.24, 2.45) is 0 Å². The van der Waals surface area contributed by atoms with Gasteiger partial charge in [0.2, 0.25) is 0 Å². The summed E-state index contributed by atoms with van der Waals surface area (Å²) in [6, 6.07) is 0. The van der Waals surface area contributed by atoms with Gasteiger partial charge in [0, 0.05) is 0 Å². The highest BCUT2D eigenvalue weighted by Gasteiger charge is 2.52. The fourth-order valence-corrected chi connectivity index (χ4v) is 2.72. The topological polar surface area (TPSA) is 438 Å². The third-order valence-electron chi connectivity index (χ3n) is 3.26. The first-order valence-electron chi connectivity index (χ1n) is 9.11. The van der Waals surface area contributed by atoms with E-state index in [1.54, 1.807) is 0 Å². The van der Waals surface area contributed by atoms with Crippen LogP contribution in [0.4, 0.5) is 0 Å². The summed E-state index contributed by atoms with van der Waals surface area (Å²) < 4.78 is 25.1. The molecule has 1 aliphatic rings. The fourth-order valence-electron chi connectivity index (χ4n) is 1.88. The summed E-state index contributed by atoms with van der Waals surface area (Å²) in [4.78, 5) is 0. The van der Waals surface area contributed by atoms with Gasteiger partial charge in [-0.15, -0.1) is 0 Å². The van der Waals surface area contributed by atoms with Crippen molar-refractivity contribution in [2.75, 3.05) is 0 Å². The van der Waals surface area contributed by atoms with Gasteiger partial charge in [-0.2, -0.15) is 0 Å². The van der Waals surface area contributed by atoms with Crippen LogP contribution in [0.2, 0.25) is 0 Å². The molecule has 6 N–H and O–H groups in total. The molecule has 0 spiro atoms. The number of aliphatic hydroxyl groups is 5. The second-order valence-corrected chi connectivity index (χ2v) is 6.87. The predicted molar refractivity (Wildman–Crippen MR) is 76.6 cm³/mol. The summed E-state index contributed by atoms with van der Waals surface area (Å²) in [6.45, 7) is 0. The van der Waals surface area contributed by atoms with Gasteiger partial charge in [-0.25, -0.2) is 9.82 Å². The average Bonchev–Trinajstić information content (AvgIpc) is 3.03. The Morgan fingerprint density at radius 1 is 0.400 bits per heavy atom. The van der Waals surface area contributed by atoms with Crippen LogP contribution in [0.25, 0.3) is 0 Å². The second-order valence-electron chi connectivity index (χ2n) is 5.46. The normalized spacial score (nSPS) is 25.0. The van der Waals surface area contributed by atoms with E-state index in [0.29, 0.717) is 0 Å². The SMILES string of the molecule is O=P(OOOOOOOOOOOOOOO)(OOOOOOOOOOOOOOO[O-])OC1C(O)C(O)C(O)[C@@H](O)C1O. The van der Waals surface area contributed by atoms with Crippen molar-refractivity contribution in [1.29, 1.82) is 0 Å². The highest BCUT2D eigenvalue weighted by molar-refractivity contribution is 7.48. The van der Waals surface area contributed by atoms with Gasteiger partial charge in [0.25, 0.3) is 0 Å². The Morgan fingerprint density at radius 2 is 0.667 bits per heavy atom. The number of aliphatic hydroxyl groups excluding tert-OH is 5. The Hall–Kier alpha value is -1.25. The fraction of sp³-hybridized carbons (Fsp3) is 1.00. The van der Waals surface area contributed by atoms with Gasteiger partial charge in [-0.05, 0) is 131 Å². The summed E-state index contributed by atoms with van der Waals surface area (Å²) in [5.74, 6) is 0. The molecule has 0 aromatic rings. The number of phosphoric acid groups is 1. The van der Waals surface area contributed by atoms with Crippen molar-refractivity contribution < 1.29 is 191 Å². The van der Waals surface area contributed by atoms with Crippen molar-refractivity contribution in [1.82, 2.24) is 0 Å². The summed E-state index contributed by atoms with van der Waals surface area (Å²) >= 11 is 0. The van der Waals surface area contributed by atoms with Crippen molar-refractivity contribution >= 4 is 7.82 Å². The van der Waals surface area contributed by atoms with E-state index < -0.39 is 44.4 Å². The Balaban J connectivity index is 2.37. The second kappa shape index (κ2) is 26.8. The van der Waals surface area contributed by atoms with E-state index in [2.05, 4.69) is 150 Å². The maximum atomic E-state index is 12.6. The lowest BCUT2D eigenvalue weighted by molar-refractivity contribution is -0.918. The average molecular weight is 723 g/mol. The van der Waals surface area contributed by atoms with Crippen molar-refractivity contribution in [2.45, 2.75) is 36.6 Å². The maximum Gasteiger partial charge on any atom is 0.534 e. The first-order chi connectivity index (χ1) is 21.8. The lowest BCUT2D eigenvalue weighted by Gasteiger charge is -2.41. The van der Waals surface area contributed by atoms with Crippen LogP contribution in [0.5, 0.6) is 0 Å². The van der Waals surface area contributed by atoms with E-state index in [4.69, 9.17) is 5.26 Å². The first-order valence-corrected chi connectivity index (χ1v) is 10.6. The minimum absolute atomic E-state index is 2.12. The molecule has 0 amide bonds. The molecule has 1 fully saturated rings. The van der Waals surface area contributed by atoms with Crippen molar-refractivity contribution in [3.05, 3.63) is 0 Å². The maximum absolute atomic E-state index is 12.6. The number of hydrogen-bond donors (Lipinski definition) is 6. The third kappa shape index (κ3) is 19.2. The monoisotopic (exact) mass is 723 g/mol. The molecule has 1 saturated carbocycles. The molecule has 38 nitrogen and oxygen atoms in total. The van der Waals surface area contributed by atoms with E-state index in [1.165, 1.54) is 0 Å². The Labute approximate surface area is 236 Å². The van der Waals surface area contributed by atoms with E-state index in [9.17, 15) is 35.4 Å². The molecule has 270 valence electrons. The Bertz CT molecular complexity index is 690. The largest absolute Gasteiger partial charge is 0.689 e. The van der Waals surface area contributed by atoms with Gasteiger partial charge in [0.15, 0.2) is 0 Å². The highest BCUT2D eigenvalue weighted by Crippen LogP contribution is 2.52. The van der Waals surface area contributed by atoms with E-state index in [-0.39, 0.29) is 0 Å². The quantitative estimate of drug-likeness (QED) is 0.0168. The van der Waals surface area contributed by atoms with Crippen LogP contribution in [-0.2, 0) is 154 Å². The standard InChI is InChI=1S/C6H13O38P/c7-1-2(8)4(10)6(5(11)3(1)9)15-45(14,43-41-39-37-35-33-31-29-27-25-23-21-19-17-13)44-42-40-38-36-34-32-30-28-26-24-22-20-18-16-12/h1-13H/p-1/t1?,2-,3?,4?,5?,6?,45?/m1/s1. The number of rotatable bonds is 31. The smallest absolute Gasteiger partial charge is 0.534 e. The Morgan fingerprint density at radius 3 is 0.978 bits per heavy atom. The molecule has 0 radical (unpaired) electrons. The minimum atomic E-state index is -5.59. The molecule has 0 bridgehead atoms. The summed E-state index contributed by atoms with van der Waals surface area (Å²) in [6.07, 6.45) is -13.5. The third-order valence-corrected chi connectivity index (χ3v) is 4.25. The van der Waals surface area contributed by atoms with E-state index in [1.807, 2.05) is 0 Å². The molecular weight excluding hydrogens is 711 g/mol. The zero-order valence-electron chi connectivity index (χ0n) is 19.7. The lowest BCUT2D eigenvalue weighted by Crippen LogP contribution is -2.64. The lowest BCUT2D eigenvalue weighted by atomic mass is 9.85. The van der Waals surface area contributed by atoms with Crippen LogP contribution in [0.3, 0.4) is 0 Å². The van der Waals surface area contributed by atoms with Gasteiger partial charge >= 0.3 is 7.82 Å². The molecule has 0 heterocycles. The minimum Gasteiger partial charge on any atom is -0.689 e. The van der Waals surface area contributed by atoms with Crippen molar-refractivity contribution in [3.63, 3.8) is 0 Å². The molecule has 0 aromatic heterocycles. The van der Waals surface area contributed by atoms with Gasteiger partial charge in [0.1, 0.15) is 36.6 Å². The molecule has 0 aliphatic heterocycles. The van der Waals surface area contributed by atoms with Gasteiger partial charge < -0.3 is 30.8 Å². The summed E-state index contributed by atoms with van der Waals surface area (Å²) in [5.41, 5.74) is 0. The summed E-state index contributed by atoms with van der Waals surface area (Å²) in [5, 5.41) is 158. The van der Waals surface area contributed by atoms with Crippen LogP contribution in [-0.4, -0.2) is 67.4 Å². The Kier molecular flexibility index (Phi) is 24.9. The molecule has 1 rings (SSSR count). The highest BCUT2D eigenvalue weighted by atomic mass is 31.2. The molecular formula is C6H12O38P-. The first kappa shape index (κ1) is 41.8. The molecule has 7 atom stereocenters. The van der Waals surface area contributed by atoms with Crippen LogP contribution < -0.4 is 5.26 Å². The molecule has 0 saturated heterocycles. The van der Waals surface area contributed by atoms with Crippen molar-refractivity contribution in [3.8, 4) is 0 Å². The van der Waals surface area contributed by atoms with E-state index >= 15 is 0 Å². The molecule has 1 aliphatic carbocycles. The van der Waals surface area contributed by atoms with Gasteiger partial charge in [-0.3, -0.25) is 9.56 Å². The molecule has 45 heavy (non-hydrogen) atoms. The number of hydrogen-bond acceptors (Lipinski definition) is 38. The van der Waals surface area contributed by atoms with Crippen LogP contribution in [0.15, 0.2) is 0 Å². The molecule has 6 unspecified atom stereocenters. The summed E-state index contributed by atoms with van der Waals surface area (Å²) in [7, 11) is -5.59. The molecule has 39 heteroatoms. The predicted octanol–water partition coefficient (Wildman–Crippen LogP) is -5.77.